The van der Waals surface area contributed by atoms with Crippen LogP contribution in [-0.4, -0.2) is 6.26 Å². The Kier molecular flexibility index (Phi) is 7.37. The molecular weight excluding hydrogens is 382 g/mol. The van der Waals surface area contributed by atoms with E-state index in [4.69, 9.17) is 52.1 Å². The summed E-state index contributed by atoms with van der Waals surface area (Å²) in [6, 6.07) is 4.73. The molecule has 0 aliphatic heterocycles. The van der Waals surface area contributed by atoms with Gasteiger partial charge in [0.1, 0.15) is 11.6 Å². The number of hydrogen-bond acceptors (Lipinski definition) is 2. The first-order chi connectivity index (χ1) is 9.76. The van der Waals surface area contributed by atoms with Crippen LogP contribution in [0.25, 0.3) is 0 Å². The predicted molar refractivity (Wildman–Crippen MR) is 89.0 cm³/mol. The number of anilines is 1. The van der Waals surface area contributed by atoms with Gasteiger partial charge in [-0.3, -0.25) is 0 Å². The van der Waals surface area contributed by atoms with Crippen LogP contribution in [0.3, 0.4) is 0 Å². The lowest BCUT2D eigenvalue weighted by atomic mass is 10.3. The average molecular weight is 391 g/mol. The summed E-state index contributed by atoms with van der Waals surface area (Å²) in [6.07, 6.45) is 1.84. The van der Waals surface area contributed by atoms with Gasteiger partial charge >= 0.3 is 0 Å². The van der Waals surface area contributed by atoms with Crippen LogP contribution in [0.5, 0.6) is 0 Å². The molecule has 0 radical (unpaired) electrons. The predicted octanol–water partition coefficient (Wildman–Crippen LogP) is 6.57. The molecule has 0 bridgehead atoms. The zero-order valence-electron chi connectivity index (χ0n) is 10.6. The maximum atomic E-state index is 12.6. The van der Waals surface area contributed by atoms with E-state index < -0.39 is 11.6 Å². The molecule has 0 saturated carbocycles. The highest BCUT2D eigenvalue weighted by Crippen LogP contribution is 2.33. The van der Waals surface area contributed by atoms with Crippen LogP contribution >= 0.6 is 58.2 Å². The van der Waals surface area contributed by atoms with Gasteiger partial charge in [-0.05, 0) is 30.5 Å². The van der Waals surface area contributed by atoms with E-state index in [2.05, 4.69) is 0 Å². The van der Waals surface area contributed by atoms with Crippen LogP contribution in [0.1, 0.15) is 0 Å². The minimum atomic E-state index is -0.482. The van der Waals surface area contributed by atoms with Crippen molar-refractivity contribution in [3.8, 4) is 0 Å². The molecule has 21 heavy (non-hydrogen) atoms. The van der Waals surface area contributed by atoms with E-state index >= 15 is 0 Å². The van der Waals surface area contributed by atoms with Gasteiger partial charge < -0.3 is 5.73 Å². The fourth-order valence-electron chi connectivity index (χ4n) is 1.28. The molecule has 0 fully saturated rings. The van der Waals surface area contributed by atoms with Gasteiger partial charge in [-0.2, -0.15) is 0 Å². The van der Waals surface area contributed by atoms with Gasteiger partial charge in [0.15, 0.2) is 0 Å². The van der Waals surface area contributed by atoms with E-state index in [0.717, 1.165) is 17.0 Å². The highest BCUT2D eigenvalue weighted by atomic mass is 35.5. The van der Waals surface area contributed by atoms with Crippen LogP contribution in [0.2, 0.25) is 20.1 Å². The summed E-state index contributed by atoms with van der Waals surface area (Å²) in [5.74, 6) is -0.887. The van der Waals surface area contributed by atoms with E-state index in [1.807, 2.05) is 6.26 Å². The van der Waals surface area contributed by atoms with E-state index in [1.54, 1.807) is 0 Å². The van der Waals surface area contributed by atoms with Crippen molar-refractivity contribution >= 4 is 63.9 Å². The van der Waals surface area contributed by atoms with Crippen molar-refractivity contribution in [3.05, 3.63) is 56.0 Å². The van der Waals surface area contributed by atoms with E-state index in [1.165, 1.54) is 23.9 Å². The number of nitrogens with two attached hydrogens (primary N) is 1. The maximum Gasteiger partial charge on any atom is 0.126 e. The third-order valence-electron chi connectivity index (χ3n) is 2.21. The molecule has 0 aliphatic rings. The SMILES string of the molecule is CSc1c(Cl)cc(F)cc1Cl.Nc1c(Cl)cc(F)cc1Cl. The molecule has 0 unspecified atom stereocenters. The maximum absolute atomic E-state index is 12.6. The largest absolute Gasteiger partial charge is 0.396 e. The van der Waals surface area contributed by atoms with Crippen molar-refractivity contribution in [1.29, 1.82) is 0 Å². The fourth-order valence-corrected chi connectivity index (χ4v) is 3.17. The molecule has 2 aromatic rings. The third-order valence-corrected chi connectivity index (χ3v) is 4.50. The first-order valence-corrected chi connectivity index (χ1v) is 8.08. The Morgan fingerprint density at radius 2 is 1.14 bits per heavy atom. The first-order valence-electron chi connectivity index (χ1n) is 5.34. The molecule has 2 rings (SSSR count). The summed E-state index contributed by atoms with van der Waals surface area (Å²) in [4.78, 5) is 0.717. The average Bonchev–Trinajstić information content (AvgIpc) is 2.36. The standard InChI is InChI=1S/C7H5Cl2FS.C6H4Cl2FN/c1-11-7-5(8)2-4(10)3-6(7)9;7-4-1-3(9)2-5(8)6(4)10/h2-3H,1H3;1-2H,10H2. The topological polar surface area (TPSA) is 26.0 Å². The Morgan fingerprint density at radius 1 is 0.810 bits per heavy atom. The smallest absolute Gasteiger partial charge is 0.126 e. The number of thioether (sulfide) groups is 1. The van der Waals surface area contributed by atoms with Gasteiger partial charge in [-0.15, -0.1) is 11.8 Å². The molecule has 2 N–H and O–H groups in total. The lowest BCUT2D eigenvalue weighted by Gasteiger charge is -2.02. The fraction of sp³-hybridized carbons (Fsp3) is 0.0769. The molecule has 8 heteroatoms. The number of benzene rings is 2. The van der Waals surface area contributed by atoms with E-state index in [0.29, 0.717) is 10.0 Å². The van der Waals surface area contributed by atoms with Crippen molar-refractivity contribution in [2.24, 2.45) is 0 Å². The summed E-state index contributed by atoms with van der Waals surface area (Å²) in [7, 11) is 0. The molecule has 0 atom stereocenters. The lowest BCUT2D eigenvalue weighted by molar-refractivity contribution is 0.626. The van der Waals surface area contributed by atoms with Crippen molar-refractivity contribution in [3.63, 3.8) is 0 Å². The van der Waals surface area contributed by atoms with Crippen molar-refractivity contribution in [2.75, 3.05) is 12.0 Å². The molecule has 1 nitrogen and oxygen atoms in total. The van der Waals surface area contributed by atoms with Gasteiger partial charge in [0, 0.05) is 4.90 Å². The van der Waals surface area contributed by atoms with E-state index in [-0.39, 0.29) is 15.7 Å². The Balaban J connectivity index is 0.000000211. The van der Waals surface area contributed by atoms with Gasteiger partial charge in [-0.25, -0.2) is 8.78 Å². The van der Waals surface area contributed by atoms with Gasteiger partial charge in [0.25, 0.3) is 0 Å². The molecule has 0 amide bonds. The number of rotatable bonds is 1. The highest BCUT2D eigenvalue weighted by Gasteiger charge is 2.06. The van der Waals surface area contributed by atoms with Gasteiger partial charge in [-0.1, -0.05) is 46.4 Å². The first kappa shape index (κ1) is 18.7. The third kappa shape index (κ3) is 5.38. The summed E-state index contributed by atoms with van der Waals surface area (Å²) < 4.78 is 25.0. The second-order valence-electron chi connectivity index (χ2n) is 3.69. The van der Waals surface area contributed by atoms with Gasteiger partial charge in [0.05, 0.1) is 25.8 Å². The highest BCUT2D eigenvalue weighted by molar-refractivity contribution is 7.98. The Hall–Kier alpha value is -0.390. The van der Waals surface area contributed by atoms with Crippen LogP contribution in [0.4, 0.5) is 14.5 Å². The van der Waals surface area contributed by atoms with Crippen molar-refractivity contribution in [1.82, 2.24) is 0 Å². The molecule has 2 aromatic carbocycles. The van der Waals surface area contributed by atoms with Crippen LogP contribution in [0, 0.1) is 11.6 Å². The zero-order chi connectivity index (χ0) is 16.2. The number of halogens is 6. The summed E-state index contributed by atoms with van der Waals surface area (Å²) >= 11 is 23.7. The van der Waals surface area contributed by atoms with Crippen molar-refractivity contribution < 1.29 is 8.78 Å². The normalized spacial score (nSPS) is 10.0. The second-order valence-corrected chi connectivity index (χ2v) is 6.13. The summed E-state index contributed by atoms with van der Waals surface area (Å²) in [6.45, 7) is 0. The summed E-state index contributed by atoms with van der Waals surface area (Å²) in [5, 5.41) is 1.01. The molecule has 0 spiro atoms. The molecule has 0 aromatic heterocycles. The number of hydrogen-bond donors (Lipinski definition) is 1. The van der Waals surface area contributed by atoms with Crippen LogP contribution < -0.4 is 5.73 Å². The Labute approximate surface area is 145 Å². The molecule has 114 valence electrons. The van der Waals surface area contributed by atoms with Crippen LogP contribution in [0.15, 0.2) is 29.2 Å². The minimum Gasteiger partial charge on any atom is -0.396 e. The quantitative estimate of drug-likeness (QED) is 0.440. The molecule has 0 aliphatic carbocycles. The van der Waals surface area contributed by atoms with Crippen molar-refractivity contribution in [2.45, 2.75) is 4.90 Å². The van der Waals surface area contributed by atoms with E-state index in [9.17, 15) is 8.78 Å². The summed E-state index contributed by atoms with van der Waals surface area (Å²) in [5.41, 5.74) is 5.53. The molecular formula is C13H9Cl4F2NS. The molecule has 0 saturated heterocycles. The lowest BCUT2D eigenvalue weighted by Crippen LogP contribution is -1.88. The minimum absolute atomic E-state index is 0.144. The van der Waals surface area contributed by atoms with Crippen LogP contribution in [-0.2, 0) is 0 Å². The molecule has 0 heterocycles. The Bertz CT molecular complexity index is 606. The zero-order valence-corrected chi connectivity index (χ0v) is 14.4. The monoisotopic (exact) mass is 389 g/mol. The number of nitrogen functional groups attached to an aromatic ring is 1. The Morgan fingerprint density at radius 3 is 1.48 bits per heavy atom. The second kappa shape index (κ2) is 8.30. The van der Waals surface area contributed by atoms with Gasteiger partial charge in [0.2, 0.25) is 0 Å².